The molecule has 2 aliphatic rings. The Hall–Kier alpha value is -1.02. The van der Waals surface area contributed by atoms with Gasteiger partial charge in [-0.05, 0) is 56.2 Å². The topological polar surface area (TPSA) is 29.3 Å². The Labute approximate surface area is 104 Å². The minimum absolute atomic E-state index is 0.773. The summed E-state index contributed by atoms with van der Waals surface area (Å²) in [4.78, 5) is 2.64. The molecule has 0 amide bonds. The maximum Gasteiger partial charge on any atom is 0.0402 e. The first kappa shape index (κ1) is 11.1. The van der Waals surface area contributed by atoms with Gasteiger partial charge in [0.25, 0.3) is 0 Å². The van der Waals surface area contributed by atoms with Crippen LogP contribution in [0.4, 0.5) is 5.69 Å². The molecule has 0 aromatic heterocycles. The largest absolute Gasteiger partial charge is 0.368 e. The van der Waals surface area contributed by atoms with Crippen LogP contribution >= 0.6 is 0 Å². The lowest BCUT2D eigenvalue weighted by Gasteiger charge is -2.27. The highest BCUT2D eigenvalue weighted by Crippen LogP contribution is 2.37. The van der Waals surface area contributed by atoms with Crippen LogP contribution in [0.5, 0.6) is 0 Å². The van der Waals surface area contributed by atoms with E-state index in [1.807, 2.05) is 0 Å². The fraction of sp³-hybridized carbons (Fsp3) is 0.600. The van der Waals surface area contributed by atoms with Crippen molar-refractivity contribution in [3.05, 3.63) is 29.8 Å². The number of rotatable bonds is 3. The molecule has 1 aliphatic carbocycles. The first-order chi connectivity index (χ1) is 8.38. The van der Waals surface area contributed by atoms with Gasteiger partial charge in [0.15, 0.2) is 0 Å². The maximum atomic E-state index is 5.67. The lowest BCUT2D eigenvalue weighted by Crippen LogP contribution is -2.31. The first-order valence-corrected chi connectivity index (χ1v) is 6.93. The lowest BCUT2D eigenvalue weighted by molar-refractivity contribution is 0.496. The van der Waals surface area contributed by atoms with Gasteiger partial charge < -0.3 is 10.6 Å². The normalized spacial score (nSPS) is 27.5. The van der Waals surface area contributed by atoms with Gasteiger partial charge in [-0.3, -0.25) is 0 Å². The first-order valence-electron chi connectivity index (χ1n) is 6.93. The summed E-state index contributed by atoms with van der Waals surface area (Å²) in [6, 6.07) is 9.67. The SMILES string of the molecule is NCCC1CCC(N2CCc3ccccc32)C1. The molecule has 0 saturated heterocycles. The Morgan fingerprint density at radius 2 is 2.12 bits per heavy atom. The van der Waals surface area contributed by atoms with Crippen molar-refractivity contribution in [3.63, 3.8) is 0 Å². The van der Waals surface area contributed by atoms with Gasteiger partial charge in [-0.15, -0.1) is 0 Å². The molecule has 17 heavy (non-hydrogen) atoms. The van der Waals surface area contributed by atoms with Crippen LogP contribution in [-0.2, 0) is 6.42 Å². The third-order valence-corrected chi connectivity index (χ3v) is 4.45. The number of para-hydroxylation sites is 1. The monoisotopic (exact) mass is 230 g/mol. The van der Waals surface area contributed by atoms with Crippen LogP contribution in [0.15, 0.2) is 24.3 Å². The van der Waals surface area contributed by atoms with Gasteiger partial charge in [-0.1, -0.05) is 18.2 Å². The number of nitrogens with two attached hydrogens (primary N) is 1. The summed E-state index contributed by atoms with van der Waals surface area (Å²) in [5, 5.41) is 0. The van der Waals surface area contributed by atoms with Gasteiger partial charge in [0.2, 0.25) is 0 Å². The Morgan fingerprint density at radius 3 is 3.00 bits per heavy atom. The highest BCUT2D eigenvalue weighted by molar-refractivity contribution is 5.58. The smallest absolute Gasteiger partial charge is 0.0402 e. The molecule has 2 heteroatoms. The van der Waals surface area contributed by atoms with Crippen molar-refractivity contribution in [2.45, 2.75) is 38.1 Å². The van der Waals surface area contributed by atoms with Crippen LogP contribution in [0.2, 0.25) is 0 Å². The number of fused-ring (bicyclic) bond motifs is 1. The number of anilines is 1. The molecule has 0 spiro atoms. The van der Waals surface area contributed by atoms with Crippen molar-refractivity contribution in [2.24, 2.45) is 11.7 Å². The number of benzene rings is 1. The molecule has 0 bridgehead atoms. The molecule has 1 aromatic carbocycles. The van der Waals surface area contributed by atoms with E-state index in [1.165, 1.54) is 49.9 Å². The van der Waals surface area contributed by atoms with Crippen LogP contribution in [-0.4, -0.2) is 19.1 Å². The molecular formula is C15H22N2. The van der Waals surface area contributed by atoms with Crippen molar-refractivity contribution < 1.29 is 0 Å². The van der Waals surface area contributed by atoms with Gasteiger partial charge in [0.05, 0.1) is 0 Å². The summed E-state index contributed by atoms with van der Waals surface area (Å²) in [5.41, 5.74) is 8.70. The zero-order valence-electron chi connectivity index (χ0n) is 10.4. The van der Waals surface area contributed by atoms with Gasteiger partial charge >= 0.3 is 0 Å². The molecular weight excluding hydrogens is 208 g/mol. The molecule has 92 valence electrons. The predicted molar refractivity (Wildman–Crippen MR) is 72.3 cm³/mol. The molecule has 1 saturated carbocycles. The summed E-state index contributed by atoms with van der Waals surface area (Å²) in [7, 11) is 0. The molecule has 2 unspecified atom stereocenters. The molecule has 1 aliphatic heterocycles. The summed E-state index contributed by atoms with van der Waals surface area (Å²) < 4.78 is 0. The molecule has 0 radical (unpaired) electrons. The zero-order valence-corrected chi connectivity index (χ0v) is 10.4. The summed E-state index contributed by atoms with van der Waals surface area (Å²) in [6.07, 6.45) is 6.53. The van der Waals surface area contributed by atoms with Gasteiger partial charge in [0, 0.05) is 18.3 Å². The van der Waals surface area contributed by atoms with E-state index in [2.05, 4.69) is 29.2 Å². The highest BCUT2D eigenvalue weighted by atomic mass is 15.2. The van der Waals surface area contributed by atoms with E-state index >= 15 is 0 Å². The summed E-state index contributed by atoms with van der Waals surface area (Å²) in [6.45, 7) is 2.08. The van der Waals surface area contributed by atoms with E-state index in [1.54, 1.807) is 0 Å². The fourth-order valence-corrected chi connectivity index (χ4v) is 3.57. The summed E-state index contributed by atoms with van der Waals surface area (Å²) >= 11 is 0. The minimum atomic E-state index is 0.773. The third kappa shape index (κ3) is 2.06. The predicted octanol–water partition coefficient (Wildman–Crippen LogP) is 2.57. The standard InChI is InChI=1S/C15H22N2/c16-9-7-12-5-6-14(11-12)17-10-8-13-3-1-2-4-15(13)17/h1-4,12,14H,5-11,16H2. The molecule has 2 atom stereocenters. The van der Waals surface area contributed by atoms with Crippen LogP contribution in [0.1, 0.15) is 31.2 Å². The van der Waals surface area contributed by atoms with E-state index in [0.717, 1.165) is 18.5 Å². The van der Waals surface area contributed by atoms with E-state index in [9.17, 15) is 0 Å². The Balaban J connectivity index is 1.71. The number of nitrogens with zero attached hydrogens (tertiary/aromatic N) is 1. The zero-order chi connectivity index (χ0) is 11.7. The van der Waals surface area contributed by atoms with Gasteiger partial charge in [-0.2, -0.15) is 0 Å². The average molecular weight is 230 g/mol. The number of hydrogen-bond donors (Lipinski definition) is 1. The van der Waals surface area contributed by atoms with Gasteiger partial charge in [-0.25, -0.2) is 0 Å². The molecule has 3 rings (SSSR count). The van der Waals surface area contributed by atoms with Crippen molar-refractivity contribution in [2.75, 3.05) is 18.0 Å². The molecule has 2 nitrogen and oxygen atoms in total. The Morgan fingerprint density at radius 1 is 1.24 bits per heavy atom. The second-order valence-electron chi connectivity index (χ2n) is 5.48. The molecule has 1 heterocycles. The van der Waals surface area contributed by atoms with E-state index in [4.69, 9.17) is 5.73 Å². The quantitative estimate of drug-likeness (QED) is 0.864. The van der Waals surface area contributed by atoms with Crippen molar-refractivity contribution in [1.29, 1.82) is 0 Å². The molecule has 1 fully saturated rings. The van der Waals surface area contributed by atoms with Crippen molar-refractivity contribution in [3.8, 4) is 0 Å². The Bertz CT molecular complexity index is 388. The van der Waals surface area contributed by atoms with Crippen molar-refractivity contribution >= 4 is 5.69 Å². The molecule has 1 aromatic rings. The average Bonchev–Trinajstić information content (AvgIpc) is 2.95. The molecule has 2 N–H and O–H groups in total. The fourth-order valence-electron chi connectivity index (χ4n) is 3.57. The minimum Gasteiger partial charge on any atom is -0.368 e. The lowest BCUT2D eigenvalue weighted by atomic mass is 10.0. The van der Waals surface area contributed by atoms with Crippen LogP contribution in [0.3, 0.4) is 0 Å². The summed E-state index contributed by atoms with van der Waals surface area (Å²) in [5.74, 6) is 0.873. The van der Waals surface area contributed by atoms with Crippen LogP contribution in [0, 0.1) is 5.92 Å². The van der Waals surface area contributed by atoms with E-state index in [0.29, 0.717) is 0 Å². The third-order valence-electron chi connectivity index (χ3n) is 4.45. The van der Waals surface area contributed by atoms with Crippen LogP contribution < -0.4 is 10.6 Å². The second-order valence-corrected chi connectivity index (χ2v) is 5.48. The highest BCUT2D eigenvalue weighted by Gasteiger charge is 2.31. The second kappa shape index (κ2) is 4.69. The Kier molecular flexibility index (Phi) is 3.06. The van der Waals surface area contributed by atoms with Gasteiger partial charge in [0.1, 0.15) is 0 Å². The van der Waals surface area contributed by atoms with E-state index < -0.39 is 0 Å². The van der Waals surface area contributed by atoms with Crippen molar-refractivity contribution in [1.82, 2.24) is 0 Å². The van der Waals surface area contributed by atoms with Crippen LogP contribution in [0.25, 0.3) is 0 Å². The number of hydrogen-bond acceptors (Lipinski definition) is 2. The van der Waals surface area contributed by atoms with E-state index in [-0.39, 0.29) is 0 Å². The maximum absolute atomic E-state index is 5.67.